The van der Waals surface area contributed by atoms with Gasteiger partial charge in [-0.15, -0.1) is 6.58 Å². The van der Waals surface area contributed by atoms with Crippen LogP contribution in [0.4, 0.5) is 0 Å². The lowest BCUT2D eigenvalue weighted by molar-refractivity contribution is 0.184. The quantitative estimate of drug-likeness (QED) is 0.716. The Kier molecular flexibility index (Phi) is 3.68. The van der Waals surface area contributed by atoms with Crippen LogP contribution in [0.15, 0.2) is 30.9 Å². The normalized spacial score (nSPS) is 12.4. The Morgan fingerprint density at radius 2 is 2.36 bits per heavy atom. The third-order valence-corrected chi connectivity index (χ3v) is 2.02. The highest BCUT2D eigenvalue weighted by atomic mass is 16.5. The van der Waals surface area contributed by atoms with Crippen molar-refractivity contribution < 1.29 is 9.84 Å². The van der Waals surface area contributed by atoms with Crippen LogP contribution in [-0.2, 0) is 11.3 Å². The number of rotatable bonds is 4. The lowest BCUT2D eigenvalue weighted by Crippen LogP contribution is -2.07. The molecular formula is C11H15NO2. The maximum Gasteiger partial charge on any atom is 0.120 e. The lowest BCUT2D eigenvalue weighted by Gasteiger charge is -2.10. The second-order valence-electron chi connectivity index (χ2n) is 3.09. The van der Waals surface area contributed by atoms with Crippen LogP contribution < -0.4 is 5.73 Å². The monoisotopic (exact) mass is 193 g/mol. The van der Waals surface area contributed by atoms with E-state index in [2.05, 4.69) is 6.58 Å². The van der Waals surface area contributed by atoms with Crippen molar-refractivity contribution in [2.24, 2.45) is 5.73 Å². The topological polar surface area (TPSA) is 55.5 Å². The third-order valence-electron chi connectivity index (χ3n) is 2.02. The van der Waals surface area contributed by atoms with Gasteiger partial charge in [0.15, 0.2) is 0 Å². The first-order valence-electron chi connectivity index (χ1n) is 4.38. The van der Waals surface area contributed by atoms with E-state index in [4.69, 9.17) is 10.5 Å². The maximum absolute atomic E-state index is 9.54. The van der Waals surface area contributed by atoms with E-state index in [1.807, 2.05) is 6.07 Å². The van der Waals surface area contributed by atoms with E-state index < -0.39 is 0 Å². The minimum absolute atomic E-state index is 0.192. The Morgan fingerprint density at radius 3 is 2.93 bits per heavy atom. The van der Waals surface area contributed by atoms with Gasteiger partial charge in [-0.3, -0.25) is 0 Å². The molecular weight excluding hydrogens is 178 g/mol. The summed E-state index contributed by atoms with van der Waals surface area (Å²) in [5.74, 6) is 0.192. The molecule has 14 heavy (non-hydrogen) atoms. The molecule has 1 atom stereocenters. The Balaban J connectivity index is 3.01. The second-order valence-corrected chi connectivity index (χ2v) is 3.09. The summed E-state index contributed by atoms with van der Waals surface area (Å²) in [7, 11) is 1.62. The van der Waals surface area contributed by atoms with Gasteiger partial charge in [0.25, 0.3) is 0 Å². The van der Waals surface area contributed by atoms with Crippen molar-refractivity contribution in [1.29, 1.82) is 0 Å². The van der Waals surface area contributed by atoms with Crippen LogP contribution in [0.1, 0.15) is 17.2 Å². The molecule has 0 aliphatic heterocycles. The predicted octanol–water partition coefficient (Wildman–Crippen LogP) is 1.72. The summed E-state index contributed by atoms with van der Waals surface area (Å²) in [5, 5.41) is 9.54. The average Bonchev–Trinajstić information content (AvgIpc) is 2.20. The number of phenolic OH excluding ortho intramolecular Hbond substituents is 1. The maximum atomic E-state index is 9.54. The molecule has 0 heterocycles. The van der Waals surface area contributed by atoms with Crippen LogP contribution in [0.5, 0.6) is 5.75 Å². The van der Waals surface area contributed by atoms with E-state index in [0.29, 0.717) is 12.2 Å². The number of ether oxygens (including phenoxy) is 1. The Morgan fingerprint density at radius 1 is 1.64 bits per heavy atom. The van der Waals surface area contributed by atoms with Crippen molar-refractivity contribution >= 4 is 0 Å². The van der Waals surface area contributed by atoms with Gasteiger partial charge in [0.1, 0.15) is 5.75 Å². The standard InChI is InChI=1S/C11H15NO2/c1-3-10(12)9-6-8(7-14-2)4-5-11(9)13/h3-6,10,13H,1,7,12H2,2H3/t10-/m1/s1. The van der Waals surface area contributed by atoms with Crippen molar-refractivity contribution in [2.45, 2.75) is 12.6 Å². The zero-order valence-electron chi connectivity index (χ0n) is 8.23. The van der Waals surface area contributed by atoms with Crippen molar-refractivity contribution in [3.63, 3.8) is 0 Å². The number of hydrogen-bond donors (Lipinski definition) is 2. The molecule has 0 saturated heterocycles. The highest BCUT2D eigenvalue weighted by Crippen LogP contribution is 2.24. The molecule has 0 radical (unpaired) electrons. The lowest BCUT2D eigenvalue weighted by atomic mass is 10.0. The zero-order valence-corrected chi connectivity index (χ0v) is 8.23. The second kappa shape index (κ2) is 4.79. The summed E-state index contributed by atoms with van der Waals surface area (Å²) in [4.78, 5) is 0. The van der Waals surface area contributed by atoms with Crippen molar-refractivity contribution in [3.8, 4) is 5.75 Å². The summed E-state index contributed by atoms with van der Waals surface area (Å²) in [6.07, 6.45) is 1.59. The highest BCUT2D eigenvalue weighted by molar-refractivity contribution is 5.39. The van der Waals surface area contributed by atoms with Crippen LogP contribution in [0.2, 0.25) is 0 Å². The molecule has 1 rings (SSSR count). The third kappa shape index (κ3) is 2.34. The molecule has 0 aromatic heterocycles. The van der Waals surface area contributed by atoms with E-state index in [0.717, 1.165) is 5.56 Å². The Bertz CT molecular complexity index is 323. The molecule has 3 heteroatoms. The number of benzene rings is 1. The molecule has 3 N–H and O–H groups in total. The zero-order chi connectivity index (χ0) is 10.6. The van der Waals surface area contributed by atoms with Gasteiger partial charge in [0, 0.05) is 12.7 Å². The number of phenols is 1. The van der Waals surface area contributed by atoms with Crippen LogP contribution >= 0.6 is 0 Å². The van der Waals surface area contributed by atoms with Crippen LogP contribution in [0.3, 0.4) is 0 Å². The largest absolute Gasteiger partial charge is 0.508 e. The number of aromatic hydroxyl groups is 1. The first kappa shape index (κ1) is 10.8. The van der Waals surface area contributed by atoms with Crippen LogP contribution in [0, 0.1) is 0 Å². The van der Waals surface area contributed by atoms with Gasteiger partial charge < -0.3 is 15.6 Å². The molecule has 0 aliphatic carbocycles. The average molecular weight is 193 g/mol. The van der Waals surface area contributed by atoms with E-state index in [1.165, 1.54) is 0 Å². The van der Waals surface area contributed by atoms with Crippen molar-refractivity contribution in [2.75, 3.05) is 7.11 Å². The van der Waals surface area contributed by atoms with Gasteiger partial charge >= 0.3 is 0 Å². The first-order valence-corrected chi connectivity index (χ1v) is 4.38. The molecule has 0 bridgehead atoms. The summed E-state index contributed by atoms with van der Waals surface area (Å²) in [6.45, 7) is 4.10. The number of methoxy groups -OCH3 is 1. The summed E-state index contributed by atoms with van der Waals surface area (Å²) in [5.41, 5.74) is 7.40. The molecule has 0 amide bonds. The van der Waals surface area contributed by atoms with Crippen molar-refractivity contribution in [3.05, 3.63) is 42.0 Å². The minimum Gasteiger partial charge on any atom is -0.508 e. The molecule has 1 aromatic rings. The molecule has 0 unspecified atom stereocenters. The number of hydrogen-bond acceptors (Lipinski definition) is 3. The predicted molar refractivity (Wildman–Crippen MR) is 55.9 cm³/mol. The van der Waals surface area contributed by atoms with Crippen molar-refractivity contribution in [1.82, 2.24) is 0 Å². The molecule has 0 aliphatic rings. The van der Waals surface area contributed by atoms with Gasteiger partial charge in [-0.05, 0) is 17.7 Å². The molecule has 3 nitrogen and oxygen atoms in total. The molecule has 1 aromatic carbocycles. The summed E-state index contributed by atoms with van der Waals surface area (Å²) < 4.78 is 4.99. The molecule has 0 saturated carbocycles. The van der Waals surface area contributed by atoms with Gasteiger partial charge in [-0.2, -0.15) is 0 Å². The van der Waals surface area contributed by atoms with Gasteiger partial charge in [-0.25, -0.2) is 0 Å². The van der Waals surface area contributed by atoms with E-state index in [1.54, 1.807) is 25.3 Å². The first-order chi connectivity index (χ1) is 6.69. The SMILES string of the molecule is C=C[C@@H](N)c1cc(COC)ccc1O. The van der Waals surface area contributed by atoms with E-state index >= 15 is 0 Å². The Hall–Kier alpha value is -1.32. The fourth-order valence-electron chi connectivity index (χ4n) is 1.25. The Labute approximate surface area is 83.8 Å². The highest BCUT2D eigenvalue weighted by Gasteiger charge is 2.07. The van der Waals surface area contributed by atoms with Crippen LogP contribution in [-0.4, -0.2) is 12.2 Å². The van der Waals surface area contributed by atoms with Gasteiger partial charge in [0.05, 0.1) is 12.6 Å². The fourth-order valence-corrected chi connectivity index (χ4v) is 1.25. The molecule has 0 fully saturated rings. The van der Waals surface area contributed by atoms with Crippen LogP contribution in [0.25, 0.3) is 0 Å². The summed E-state index contributed by atoms with van der Waals surface area (Å²) in [6, 6.07) is 4.91. The van der Waals surface area contributed by atoms with E-state index in [9.17, 15) is 5.11 Å². The van der Waals surface area contributed by atoms with E-state index in [-0.39, 0.29) is 11.8 Å². The van der Waals surface area contributed by atoms with Gasteiger partial charge in [0.2, 0.25) is 0 Å². The minimum atomic E-state index is -0.341. The number of nitrogens with two attached hydrogens (primary N) is 1. The molecule has 76 valence electrons. The summed E-state index contributed by atoms with van der Waals surface area (Å²) >= 11 is 0. The molecule has 0 spiro atoms. The fraction of sp³-hybridized carbons (Fsp3) is 0.273. The smallest absolute Gasteiger partial charge is 0.120 e. The van der Waals surface area contributed by atoms with Gasteiger partial charge in [-0.1, -0.05) is 12.1 Å².